The summed E-state index contributed by atoms with van der Waals surface area (Å²) in [5.41, 5.74) is 1.62. The molecule has 0 aromatic rings. The molecule has 0 heterocycles. The van der Waals surface area contributed by atoms with Crippen LogP contribution in [0.3, 0.4) is 0 Å². The molecule has 0 aliphatic heterocycles. The number of fused-ring (bicyclic) bond motifs is 3. The van der Waals surface area contributed by atoms with Gasteiger partial charge in [-0.1, -0.05) is 32.8 Å². The molecule has 3 rings (SSSR count). The van der Waals surface area contributed by atoms with Gasteiger partial charge in [-0.25, -0.2) is 0 Å². The van der Waals surface area contributed by atoms with Crippen LogP contribution in [-0.2, 0) is 19.1 Å². The molecule has 0 amide bonds. The molecule has 3 aliphatic carbocycles. The number of Topliss-reactive ketones (excluding diaryl/α,β-unsaturated/α-hetero) is 1. The summed E-state index contributed by atoms with van der Waals surface area (Å²) in [6.45, 7) is 7.39. The van der Waals surface area contributed by atoms with Gasteiger partial charge in [0.1, 0.15) is 19.7 Å². The van der Waals surface area contributed by atoms with E-state index >= 15 is 0 Å². The van der Waals surface area contributed by atoms with E-state index in [2.05, 4.69) is 20.8 Å². The third kappa shape index (κ3) is 3.63. The molecule has 0 aromatic heterocycles. The Hall–Kier alpha value is -1.00. The molecule has 0 N–H and O–H groups in total. The molecule has 28 heavy (non-hydrogen) atoms. The summed E-state index contributed by atoms with van der Waals surface area (Å²) in [6, 6.07) is 0. The summed E-state index contributed by atoms with van der Waals surface area (Å²) >= 11 is 0. The second-order valence-corrected chi connectivity index (χ2v) is 9.81. The number of rotatable bonds is 8. The van der Waals surface area contributed by atoms with Crippen molar-refractivity contribution >= 4 is 12.1 Å². The molecule has 0 aromatic carbocycles. The van der Waals surface area contributed by atoms with E-state index < -0.39 is 0 Å². The second kappa shape index (κ2) is 8.79. The third-order valence-electron chi connectivity index (χ3n) is 8.61. The van der Waals surface area contributed by atoms with Gasteiger partial charge < -0.3 is 9.47 Å². The van der Waals surface area contributed by atoms with Crippen LogP contribution < -0.4 is 0 Å². The van der Waals surface area contributed by atoms with Crippen molar-refractivity contribution in [1.29, 1.82) is 0 Å². The first-order valence-corrected chi connectivity index (χ1v) is 11.2. The predicted octanol–water partition coefficient (Wildman–Crippen LogP) is 4.96. The summed E-state index contributed by atoms with van der Waals surface area (Å²) in [4.78, 5) is 24.1. The Labute approximate surface area is 170 Å². The molecule has 4 heteroatoms. The molecule has 3 aliphatic rings. The van der Waals surface area contributed by atoms with Gasteiger partial charge in [0.05, 0.1) is 0 Å². The maximum Gasteiger partial charge on any atom is 0.162 e. The third-order valence-corrected chi connectivity index (χ3v) is 8.61. The first-order valence-electron chi connectivity index (χ1n) is 11.2. The number of ether oxygens (including phenoxy) is 2. The summed E-state index contributed by atoms with van der Waals surface area (Å²) in [6.07, 6.45) is 11.8. The van der Waals surface area contributed by atoms with Gasteiger partial charge in [-0.05, 0) is 79.6 Å². The maximum atomic E-state index is 12.9. The number of hydrogen-bond donors (Lipinski definition) is 0. The van der Waals surface area contributed by atoms with Gasteiger partial charge in [0.2, 0.25) is 0 Å². The molecular weight excluding hydrogens is 352 g/mol. The fraction of sp³-hybridized carbons (Fsp3) is 0.833. The van der Waals surface area contributed by atoms with Crippen molar-refractivity contribution < 1.29 is 19.1 Å². The van der Waals surface area contributed by atoms with Crippen molar-refractivity contribution in [2.24, 2.45) is 34.5 Å². The SMILES string of the molecule is CCCC1(C)/C(=C\C=O)CCC2C1CCC1(C)C(C(=O)COCOC)CCC21. The molecule has 3 fully saturated rings. The normalized spacial score (nSPS) is 41.5. The highest BCUT2D eigenvalue weighted by molar-refractivity contribution is 5.83. The molecule has 6 unspecified atom stereocenters. The van der Waals surface area contributed by atoms with Gasteiger partial charge in [-0.3, -0.25) is 9.59 Å². The molecule has 0 spiro atoms. The van der Waals surface area contributed by atoms with Crippen LogP contribution in [0.4, 0.5) is 0 Å². The summed E-state index contributed by atoms with van der Waals surface area (Å²) < 4.78 is 10.3. The summed E-state index contributed by atoms with van der Waals surface area (Å²) in [5.74, 6) is 2.33. The largest absolute Gasteiger partial charge is 0.359 e. The molecule has 158 valence electrons. The topological polar surface area (TPSA) is 52.6 Å². The van der Waals surface area contributed by atoms with Crippen LogP contribution in [0.25, 0.3) is 0 Å². The molecule has 6 atom stereocenters. The first kappa shape index (κ1) is 21.7. The van der Waals surface area contributed by atoms with Crippen LogP contribution in [0, 0.1) is 34.5 Å². The number of methoxy groups -OCH3 is 1. The highest BCUT2D eigenvalue weighted by Gasteiger charge is 2.59. The monoisotopic (exact) mass is 390 g/mol. The van der Waals surface area contributed by atoms with Crippen molar-refractivity contribution in [2.45, 2.75) is 72.1 Å². The molecular formula is C24H38O4. The lowest BCUT2D eigenvalue weighted by atomic mass is 9.47. The van der Waals surface area contributed by atoms with Crippen molar-refractivity contribution in [1.82, 2.24) is 0 Å². The Morgan fingerprint density at radius 2 is 1.96 bits per heavy atom. The fourth-order valence-corrected chi connectivity index (χ4v) is 7.40. The van der Waals surface area contributed by atoms with Gasteiger partial charge in [-0.2, -0.15) is 0 Å². The maximum absolute atomic E-state index is 12.9. The van der Waals surface area contributed by atoms with Crippen LogP contribution in [0.1, 0.15) is 72.1 Å². The van der Waals surface area contributed by atoms with Gasteiger partial charge >= 0.3 is 0 Å². The molecule has 4 nitrogen and oxygen atoms in total. The molecule has 0 radical (unpaired) electrons. The van der Waals surface area contributed by atoms with Gasteiger partial charge in [0, 0.05) is 13.0 Å². The van der Waals surface area contributed by atoms with E-state index in [1.165, 1.54) is 18.4 Å². The van der Waals surface area contributed by atoms with Crippen LogP contribution in [-0.4, -0.2) is 32.6 Å². The average Bonchev–Trinajstić information content (AvgIpc) is 3.02. The number of ketones is 1. The Morgan fingerprint density at radius 1 is 1.18 bits per heavy atom. The quantitative estimate of drug-likeness (QED) is 0.254. The van der Waals surface area contributed by atoms with Crippen molar-refractivity contribution in [2.75, 3.05) is 20.5 Å². The van der Waals surface area contributed by atoms with Gasteiger partial charge in [0.25, 0.3) is 0 Å². The molecule has 3 saturated carbocycles. The standard InChI is InChI=1S/C24H38O4/c1-5-12-23(2)17(11-14-25)6-7-18-19-8-9-21(22(26)15-28-16-27-4)24(19,3)13-10-20(18)23/h11,14,18-21H,5-10,12-13,15-16H2,1-4H3/b17-11-. The second-order valence-electron chi connectivity index (χ2n) is 9.81. The zero-order valence-electron chi connectivity index (χ0n) is 18.2. The highest BCUT2D eigenvalue weighted by Crippen LogP contribution is 2.66. The predicted molar refractivity (Wildman–Crippen MR) is 110 cm³/mol. The Morgan fingerprint density at radius 3 is 2.64 bits per heavy atom. The summed E-state index contributed by atoms with van der Waals surface area (Å²) in [5, 5.41) is 0. The van der Waals surface area contributed by atoms with E-state index in [-0.39, 0.29) is 35.9 Å². The molecule has 0 bridgehead atoms. The minimum Gasteiger partial charge on any atom is -0.359 e. The zero-order valence-corrected chi connectivity index (χ0v) is 18.2. The van der Waals surface area contributed by atoms with Gasteiger partial charge in [0.15, 0.2) is 5.78 Å². The number of carbonyl (C=O) groups excluding carboxylic acids is 2. The smallest absolute Gasteiger partial charge is 0.162 e. The van der Waals surface area contributed by atoms with Crippen LogP contribution in [0.2, 0.25) is 0 Å². The first-order chi connectivity index (χ1) is 13.4. The van der Waals surface area contributed by atoms with Crippen molar-refractivity contribution in [3.8, 4) is 0 Å². The van der Waals surface area contributed by atoms with Gasteiger partial charge in [-0.15, -0.1) is 0 Å². The number of allylic oxidation sites excluding steroid dienone is 2. The number of aldehydes is 1. The van der Waals surface area contributed by atoms with Crippen molar-refractivity contribution in [3.63, 3.8) is 0 Å². The van der Waals surface area contributed by atoms with E-state index in [4.69, 9.17) is 9.47 Å². The Bertz CT molecular complexity index is 612. The van der Waals surface area contributed by atoms with E-state index in [0.717, 1.165) is 44.8 Å². The lowest BCUT2D eigenvalue weighted by Crippen LogP contribution is -2.50. The Balaban J connectivity index is 1.80. The van der Waals surface area contributed by atoms with E-state index in [1.807, 2.05) is 6.08 Å². The fourth-order valence-electron chi connectivity index (χ4n) is 7.40. The minimum atomic E-state index is 0.105. The number of hydrogen-bond acceptors (Lipinski definition) is 4. The average molecular weight is 391 g/mol. The minimum absolute atomic E-state index is 0.105. The lowest BCUT2D eigenvalue weighted by Gasteiger charge is -2.57. The number of carbonyl (C=O) groups is 2. The lowest BCUT2D eigenvalue weighted by molar-refractivity contribution is -0.138. The van der Waals surface area contributed by atoms with E-state index in [0.29, 0.717) is 17.8 Å². The highest BCUT2D eigenvalue weighted by atomic mass is 16.7. The summed E-state index contributed by atoms with van der Waals surface area (Å²) in [7, 11) is 1.59. The van der Waals surface area contributed by atoms with E-state index in [1.54, 1.807) is 7.11 Å². The van der Waals surface area contributed by atoms with Crippen LogP contribution in [0.5, 0.6) is 0 Å². The van der Waals surface area contributed by atoms with Crippen LogP contribution in [0.15, 0.2) is 11.6 Å². The van der Waals surface area contributed by atoms with Crippen LogP contribution >= 0.6 is 0 Å². The zero-order chi connectivity index (χ0) is 20.4. The van der Waals surface area contributed by atoms with Crippen molar-refractivity contribution in [3.05, 3.63) is 11.6 Å². The molecule has 0 saturated heterocycles. The Kier molecular flexibility index (Phi) is 6.81. The van der Waals surface area contributed by atoms with E-state index in [9.17, 15) is 9.59 Å².